The molecule has 2 aromatic rings. The largest absolute Gasteiger partial charge is 0.493 e. The van der Waals surface area contributed by atoms with Gasteiger partial charge in [-0.2, -0.15) is 4.31 Å². The van der Waals surface area contributed by atoms with Crippen molar-refractivity contribution in [2.75, 3.05) is 32.6 Å². The lowest BCUT2D eigenvalue weighted by atomic mass is 10.1. The summed E-state index contributed by atoms with van der Waals surface area (Å²) in [6, 6.07) is 6.63. The van der Waals surface area contributed by atoms with Crippen LogP contribution in [0.4, 0.5) is 5.82 Å². The molecule has 1 aliphatic rings. The fourth-order valence-corrected chi connectivity index (χ4v) is 4.44. The predicted molar refractivity (Wildman–Crippen MR) is 97.0 cm³/mol. The maximum atomic E-state index is 12.9. The first kappa shape index (κ1) is 18.4. The Morgan fingerprint density at radius 2 is 1.85 bits per heavy atom. The van der Waals surface area contributed by atoms with E-state index in [2.05, 4.69) is 15.3 Å². The number of sulfonamides is 1. The molecule has 1 aromatic heterocycles. The molecule has 0 saturated carbocycles. The van der Waals surface area contributed by atoms with E-state index in [1.165, 1.54) is 30.9 Å². The molecule has 140 valence electrons. The van der Waals surface area contributed by atoms with Crippen LogP contribution in [0.3, 0.4) is 0 Å². The van der Waals surface area contributed by atoms with Gasteiger partial charge in [-0.1, -0.05) is 0 Å². The van der Waals surface area contributed by atoms with Gasteiger partial charge in [-0.25, -0.2) is 18.4 Å². The fraction of sp³-hybridized carbons (Fsp3) is 0.412. The molecule has 1 saturated heterocycles. The standard InChI is InChI=1S/C17H22N4O4S/c1-24-15-4-3-14(11-16(15)25-2)26(22,23)21-9-6-13(7-10-21)20-17-5-8-18-12-19-17/h3-5,8,11-13H,6-7,9-10H2,1-2H3,(H,18,19,20). The number of aromatic nitrogens is 2. The second-order valence-electron chi connectivity index (χ2n) is 5.93. The molecule has 0 bridgehead atoms. The Balaban J connectivity index is 1.68. The smallest absolute Gasteiger partial charge is 0.243 e. The average molecular weight is 378 g/mol. The van der Waals surface area contributed by atoms with Gasteiger partial charge in [0.15, 0.2) is 11.5 Å². The maximum absolute atomic E-state index is 12.9. The molecule has 3 rings (SSSR count). The average Bonchev–Trinajstić information content (AvgIpc) is 2.68. The van der Waals surface area contributed by atoms with Gasteiger partial charge in [0.05, 0.1) is 19.1 Å². The number of benzene rings is 1. The lowest BCUT2D eigenvalue weighted by Gasteiger charge is -2.31. The molecule has 1 fully saturated rings. The number of nitrogens with one attached hydrogen (secondary N) is 1. The van der Waals surface area contributed by atoms with Crippen LogP contribution >= 0.6 is 0 Å². The van der Waals surface area contributed by atoms with Crippen LogP contribution in [0.25, 0.3) is 0 Å². The minimum Gasteiger partial charge on any atom is -0.493 e. The number of methoxy groups -OCH3 is 2. The van der Waals surface area contributed by atoms with Gasteiger partial charge in [0.25, 0.3) is 0 Å². The third kappa shape index (κ3) is 3.88. The number of hydrogen-bond donors (Lipinski definition) is 1. The number of rotatable bonds is 6. The van der Waals surface area contributed by atoms with Crippen molar-refractivity contribution < 1.29 is 17.9 Å². The Morgan fingerprint density at radius 3 is 2.46 bits per heavy atom. The summed E-state index contributed by atoms with van der Waals surface area (Å²) in [5.74, 6) is 1.65. The molecule has 0 aliphatic carbocycles. The van der Waals surface area contributed by atoms with E-state index in [0.717, 1.165) is 5.82 Å². The molecule has 0 amide bonds. The van der Waals surface area contributed by atoms with Crippen molar-refractivity contribution in [3.05, 3.63) is 36.8 Å². The first-order valence-electron chi connectivity index (χ1n) is 8.29. The zero-order valence-electron chi connectivity index (χ0n) is 14.8. The highest BCUT2D eigenvalue weighted by Gasteiger charge is 2.30. The van der Waals surface area contributed by atoms with Crippen LogP contribution in [-0.4, -0.2) is 56.0 Å². The topological polar surface area (TPSA) is 93.7 Å². The van der Waals surface area contributed by atoms with Gasteiger partial charge in [-0.05, 0) is 31.0 Å². The van der Waals surface area contributed by atoms with Crippen molar-refractivity contribution in [3.63, 3.8) is 0 Å². The molecule has 1 N–H and O–H groups in total. The molecule has 9 heteroatoms. The summed E-state index contributed by atoms with van der Waals surface area (Å²) in [6.07, 6.45) is 4.57. The van der Waals surface area contributed by atoms with E-state index in [4.69, 9.17) is 9.47 Å². The zero-order chi connectivity index (χ0) is 18.6. The Hall–Kier alpha value is -2.39. The van der Waals surface area contributed by atoms with E-state index in [0.29, 0.717) is 37.4 Å². The summed E-state index contributed by atoms with van der Waals surface area (Å²) in [5, 5.41) is 3.32. The molecule has 2 heterocycles. The molecule has 8 nitrogen and oxygen atoms in total. The number of hydrogen-bond acceptors (Lipinski definition) is 7. The summed E-state index contributed by atoms with van der Waals surface area (Å²) < 4.78 is 37.7. The second kappa shape index (κ2) is 7.88. The SMILES string of the molecule is COc1ccc(S(=O)(=O)N2CCC(Nc3ccncn3)CC2)cc1OC. The van der Waals surface area contributed by atoms with Crippen LogP contribution in [0.1, 0.15) is 12.8 Å². The molecule has 0 spiro atoms. The quantitative estimate of drug-likeness (QED) is 0.818. The Bertz CT molecular complexity index is 837. The summed E-state index contributed by atoms with van der Waals surface area (Å²) in [7, 11) is -0.572. The molecule has 0 unspecified atom stereocenters. The Labute approximate surface area is 153 Å². The van der Waals surface area contributed by atoms with Crippen LogP contribution in [0.5, 0.6) is 11.5 Å². The monoisotopic (exact) mass is 378 g/mol. The van der Waals surface area contributed by atoms with Gasteiger partial charge >= 0.3 is 0 Å². The first-order valence-corrected chi connectivity index (χ1v) is 9.73. The molecule has 0 radical (unpaired) electrons. The minimum atomic E-state index is -3.57. The first-order chi connectivity index (χ1) is 12.5. The number of ether oxygens (including phenoxy) is 2. The van der Waals surface area contributed by atoms with Gasteiger partial charge in [0, 0.05) is 31.4 Å². The minimum absolute atomic E-state index is 0.182. The molecule has 1 aromatic carbocycles. The van der Waals surface area contributed by atoms with Gasteiger partial charge in [-0.3, -0.25) is 0 Å². The summed E-state index contributed by atoms with van der Waals surface area (Å²) in [4.78, 5) is 8.23. The lowest BCUT2D eigenvalue weighted by Crippen LogP contribution is -2.42. The molecule has 26 heavy (non-hydrogen) atoms. The highest BCUT2D eigenvalue weighted by molar-refractivity contribution is 7.89. The lowest BCUT2D eigenvalue weighted by molar-refractivity contribution is 0.328. The fourth-order valence-electron chi connectivity index (χ4n) is 2.95. The van der Waals surface area contributed by atoms with Crippen molar-refractivity contribution in [1.82, 2.24) is 14.3 Å². The highest BCUT2D eigenvalue weighted by atomic mass is 32.2. The predicted octanol–water partition coefficient (Wildman–Crippen LogP) is 1.76. The van der Waals surface area contributed by atoms with E-state index >= 15 is 0 Å². The highest BCUT2D eigenvalue weighted by Crippen LogP contribution is 2.31. The maximum Gasteiger partial charge on any atom is 0.243 e. The van der Waals surface area contributed by atoms with Gasteiger partial charge in [0.1, 0.15) is 12.1 Å². The van der Waals surface area contributed by atoms with Gasteiger partial charge in [0.2, 0.25) is 10.0 Å². The van der Waals surface area contributed by atoms with E-state index in [9.17, 15) is 8.42 Å². The van der Waals surface area contributed by atoms with Crippen LogP contribution < -0.4 is 14.8 Å². The van der Waals surface area contributed by atoms with E-state index in [-0.39, 0.29) is 10.9 Å². The van der Waals surface area contributed by atoms with E-state index < -0.39 is 10.0 Å². The van der Waals surface area contributed by atoms with Gasteiger partial charge < -0.3 is 14.8 Å². The third-order valence-electron chi connectivity index (χ3n) is 4.38. The van der Waals surface area contributed by atoms with E-state index in [1.54, 1.807) is 24.4 Å². The van der Waals surface area contributed by atoms with Crippen LogP contribution in [0.2, 0.25) is 0 Å². The van der Waals surface area contributed by atoms with E-state index in [1.807, 2.05) is 0 Å². The Morgan fingerprint density at radius 1 is 1.12 bits per heavy atom. The second-order valence-corrected chi connectivity index (χ2v) is 7.87. The number of anilines is 1. The molecule has 1 aliphatic heterocycles. The summed E-state index contributed by atoms with van der Waals surface area (Å²) in [6.45, 7) is 0.888. The van der Waals surface area contributed by atoms with Crippen molar-refractivity contribution in [3.8, 4) is 11.5 Å². The van der Waals surface area contributed by atoms with Crippen LogP contribution in [0.15, 0.2) is 41.7 Å². The normalized spacial score (nSPS) is 16.2. The number of piperidine rings is 1. The van der Waals surface area contributed by atoms with Crippen molar-refractivity contribution >= 4 is 15.8 Å². The number of nitrogens with zero attached hydrogens (tertiary/aromatic N) is 3. The summed E-state index contributed by atoms with van der Waals surface area (Å²) in [5.41, 5.74) is 0. The van der Waals surface area contributed by atoms with Crippen molar-refractivity contribution in [2.45, 2.75) is 23.8 Å². The van der Waals surface area contributed by atoms with Crippen molar-refractivity contribution in [2.24, 2.45) is 0 Å². The summed E-state index contributed by atoms with van der Waals surface area (Å²) >= 11 is 0. The molecular formula is C17H22N4O4S. The molecular weight excluding hydrogens is 356 g/mol. The zero-order valence-corrected chi connectivity index (χ0v) is 15.6. The van der Waals surface area contributed by atoms with Crippen molar-refractivity contribution in [1.29, 1.82) is 0 Å². The van der Waals surface area contributed by atoms with Crippen LogP contribution in [0, 0.1) is 0 Å². The van der Waals surface area contributed by atoms with Crippen LogP contribution in [-0.2, 0) is 10.0 Å². The third-order valence-corrected chi connectivity index (χ3v) is 6.28. The molecule has 0 atom stereocenters. The van der Waals surface area contributed by atoms with Gasteiger partial charge in [-0.15, -0.1) is 0 Å². The Kier molecular flexibility index (Phi) is 5.58.